The van der Waals surface area contributed by atoms with Gasteiger partial charge in [-0.1, -0.05) is 216 Å². The summed E-state index contributed by atoms with van der Waals surface area (Å²) in [6, 6.07) is 30.9. The molecule has 0 aromatic heterocycles. The second kappa shape index (κ2) is 28.4. The van der Waals surface area contributed by atoms with Crippen LogP contribution < -0.4 is 0 Å². The predicted octanol–water partition coefficient (Wildman–Crippen LogP) is 16.5. The highest BCUT2D eigenvalue weighted by atomic mass is 28.4. The van der Waals surface area contributed by atoms with Crippen molar-refractivity contribution in [2.75, 3.05) is 13.7 Å². The van der Waals surface area contributed by atoms with E-state index in [2.05, 4.69) is 167 Å². The van der Waals surface area contributed by atoms with E-state index in [1.54, 1.807) is 7.11 Å². The SMILES string of the molecule is CO[C@H]1O[C@H](CCC2=C[C@@H](O[Si](C(C)C)(C(C)C)C(C)C)[C@H](O[Si](C(C)C)(C(C)C)C(C)C)[C@@H](CO[Si](C(C)C)(C(C)C)C(C)C)O2)[C@@H](OCc2ccccc2)[C@H](OCc2ccccc2)[C@H]1OCc1ccccc1. The zero-order valence-electron chi connectivity index (χ0n) is 49.5. The van der Waals surface area contributed by atoms with Gasteiger partial charge >= 0.3 is 0 Å². The fourth-order valence-electron chi connectivity index (χ4n) is 13.8. The molecule has 0 amide bonds. The van der Waals surface area contributed by atoms with E-state index in [4.69, 9.17) is 41.7 Å². The fraction of sp³-hybridized carbons (Fsp3) is 0.677. The van der Waals surface area contributed by atoms with Gasteiger partial charge in [-0.15, -0.1) is 0 Å². The first-order valence-electron chi connectivity index (χ1n) is 28.6. The van der Waals surface area contributed by atoms with Crippen LogP contribution in [0.15, 0.2) is 103 Å². The van der Waals surface area contributed by atoms with Gasteiger partial charge in [-0.05, 0) is 79.1 Å². The van der Waals surface area contributed by atoms with Crippen molar-refractivity contribution in [3.05, 3.63) is 120 Å². The van der Waals surface area contributed by atoms with Gasteiger partial charge in [0.25, 0.3) is 0 Å². The maximum absolute atomic E-state index is 8.04. The molecule has 0 unspecified atom stereocenters. The van der Waals surface area contributed by atoms with Crippen LogP contribution in [0.25, 0.3) is 0 Å². The summed E-state index contributed by atoms with van der Waals surface area (Å²) in [5.41, 5.74) is 6.64. The van der Waals surface area contributed by atoms with Crippen molar-refractivity contribution in [2.24, 2.45) is 0 Å². The van der Waals surface area contributed by atoms with Crippen LogP contribution in [0.1, 0.15) is 154 Å². The number of hydrogen-bond acceptors (Lipinski definition) is 9. The molecular weight excluding hydrogens is 973 g/mol. The smallest absolute Gasteiger partial charge is 0.201 e. The van der Waals surface area contributed by atoms with Gasteiger partial charge in [-0.25, -0.2) is 0 Å². The van der Waals surface area contributed by atoms with Gasteiger partial charge in [0.15, 0.2) is 6.29 Å². The van der Waals surface area contributed by atoms with E-state index in [0.29, 0.717) is 89.1 Å². The summed E-state index contributed by atoms with van der Waals surface area (Å²) in [5, 5.41) is 0. The molecule has 9 nitrogen and oxygen atoms in total. The van der Waals surface area contributed by atoms with Crippen molar-refractivity contribution in [2.45, 2.75) is 256 Å². The predicted molar refractivity (Wildman–Crippen MR) is 312 cm³/mol. The summed E-state index contributed by atoms with van der Waals surface area (Å²) in [6.45, 7) is 44.3. The zero-order chi connectivity index (χ0) is 54.5. The Bertz CT molecular complexity index is 2010. The van der Waals surface area contributed by atoms with Crippen LogP contribution in [0.2, 0.25) is 49.9 Å². The van der Waals surface area contributed by atoms with Crippen molar-refractivity contribution < 1.29 is 41.7 Å². The standard InChI is InChI=1S/C62H102O9Si3/c1-42(2)72(43(3)4,44(5)6)67-41-57-58(71-74(48(13)14,49(15)16)50(17)18)56(70-73(45(7)8,46(9)10)47(11)12)37-54(68-57)35-36-55-59(64-38-51-29-23-20-24-30-51)60(65-39-52-31-25-21-26-32-52)61(62(63-19)69-55)66-40-53-33-27-22-28-34-53/h20-34,37,42-50,55-62H,35-36,38-41H2,1-19H3/t55-,56-,57-,58+,59-,60+,61-,62+/m1/s1. The van der Waals surface area contributed by atoms with Crippen LogP contribution in [-0.4, -0.2) is 87.7 Å². The van der Waals surface area contributed by atoms with E-state index in [9.17, 15) is 0 Å². The van der Waals surface area contributed by atoms with E-state index < -0.39 is 61.8 Å². The van der Waals surface area contributed by atoms with Crippen LogP contribution >= 0.6 is 0 Å². The Morgan fingerprint density at radius 1 is 0.432 bits per heavy atom. The average Bonchev–Trinajstić information content (AvgIpc) is 3.35. The number of benzene rings is 3. The van der Waals surface area contributed by atoms with Gasteiger partial charge in [-0.2, -0.15) is 0 Å². The van der Waals surface area contributed by atoms with Gasteiger partial charge < -0.3 is 41.7 Å². The van der Waals surface area contributed by atoms with E-state index in [-0.39, 0.29) is 12.2 Å². The van der Waals surface area contributed by atoms with E-state index >= 15 is 0 Å². The van der Waals surface area contributed by atoms with Gasteiger partial charge in [-0.3, -0.25) is 0 Å². The van der Waals surface area contributed by atoms with Crippen LogP contribution in [0.4, 0.5) is 0 Å². The second-order valence-electron chi connectivity index (χ2n) is 24.3. The molecule has 8 atom stereocenters. The van der Waals surface area contributed by atoms with E-state index in [1.165, 1.54) is 0 Å². The minimum absolute atomic E-state index is 0.343. The van der Waals surface area contributed by atoms with Crippen LogP contribution in [0, 0.1) is 0 Å². The molecule has 3 aromatic rings. The third kappa shape index (κ3) is 14.6. The quantitative estimate of drug-likeness (QED) is 0.0631. The first-order valence-corrected chi connectivity index (χ1v) is 35.0. The highest BCUT2D eigenvalue weighted by Gasteiger charge is 2.55. The van der Waals surface area contributed by atoms with Gasteiger partial charge in [0.2, 0.25) is 25.0 Å². The van der Waals surface area contributed by atoms with Crippen LogP contribution in [0.3, 0.4) is 0 Å². The van der Waals surface area contributed by atoms with E-state index in [1.807, 2.05) is 54.6 Å². The van der Waals surface area contributed by atoms with Crippen molar-refractivity contribution >= 4 is 25.0 Å². The normalized spacial score (nSPS) is 23.4. The third-order valence-corrected chi connectivity index (χ3v) is 35.3. The first-order chi connectivity index (χ1) is 35.1. The Labute approximate surface area is 453 Å². The van der Waals surface area contributed by atoms with Crippen molar-refractivity contribution in [3.8, 4) is 0 Å². The number of hydrogen-bond donors (Lipinski definition) is 0. The molecule has 2 aliphatic heterocycles. The molecule has 2 heterocycles. The molecule has 0 saturated carbocycles. The Balaban J connectivity index is 1.65. The van der Waals surface area contributed by atoms with Crippen molar-refractivity contribution in [1.29, 1.82) is 0 Å². The monoisotopic (exact) mass is 1070 g/mol. The van der Waals surface area contributed by atoms with Gasteiger partial charge in [0.1, 0.15) is 30.5 Å². The van der Waals surface area contributed by atoms with Crippen molar-refractivity contribution in [3.63, 3.8) is 0 Å². The third-order valence-electron chi connectivity index (χ3n) is 17.0. The summed E-state index contributed by atoms with van der Waals surface area (Å²) in [4.78, 5) is 0. The number of methoxy groups -OCH3 is 1. The van der Waals surface area contributed by atoms with E-state index in [0.717, 1.165) is 22.4 Å². The Morgan fingerprint density at radius 3 is 1.20 bits per heavy atom. The minimum atomic E-state index is -2.49. The highest BCUT2D eigenvalue weighted by molar-refractivity contribution is 6.78. The summed E-state index contributed by atoms with van der Waals surface area (Å²) >= 11 is 0. The molecule has 0 bridgehead atoms. The summed E-state index contributed by atoms with van der Waals surface area (Å²) < 4.78 is 65.4. The molecule has 74 heavy (non-hydrogen) atoms. The van der Waals surface area contributed by atoms with Crippen molar-refractivity contribution in [1.82, 2.24) is 0 Å². The fourth-order valence-corrected chi connectivity index (χ4v) is 30.3. The molecule has 1 saturated heterocycles. The molecule has 0 spiro atoms. The van der Waals surface area contributed by atoms with Crippen LogP contribution in [-0.2, 0) is 61.5 Å². The molecule has 0 N–H and O–H groups in total. The maximum Gasteiger partial charge on any atom is 0.201 e. The molecule has 0 radical (unpaired) electrons. The lowest BCUT2D eigenvalue weighted by Gasteiger charge is -2.52. The molecule has 416 valence electrons. The Morgan fingerprint density at radius 2 is 0.811 bits per heavy atom. The summed E-state index contributed by atoms with van der Waals surface area (Å²) in [6.07, 6.45) is -0.491. The molecular formula is C62H102O9Si3. The maximum atomic E-state index is 8.04. The lowest BCUT2D eigenvalue weighted by molar-refractivity contribution is -0.318. The summed E-state index contributed by atoms with van der Waals surface area (Å²) in [5.74, 6) is 0.878. The number of allylic oxidation sites excluding steroid dienone is 1. The van der Waals surface area contributed by atoms with Gasteiger partial charge in [0, 0.05) is 13.5 Å². The second-order valence-corrected chi connectivity index (χ2v) is 40.6. The minimum Gasteiger partial charge on any atom is -0.490 e. The Kier molecular flexibility index (Phi) is 24.0. The summed E-state index contributed by atoms with van der Waals surface area (Å²) in [7, 11) is -5.62. The Hall–Kier alpha value is -2.47. The van der Waals surface area contributed by atoms with Gasteiger partial charge in [0.05, 0.1) is 44.4 Å². The van der Waals surface area contributed by atoms with Crippen LogP contribution in [0.5, 0.6) is 0 Å². The lowest BCUT2D eigenvalue weighted by atomic mass is 9.93. The number of ether oxygens (including phenoxy) is 6. The molecule has 5 rings (SSSR count). The first kappa shape index (κ1) is 62.4. The lowest BCUT2D eigenvalue weighted by Crippen LogP contribution is -2.61. The molecule has 1 fully saturated rings. The molecule has 12 heteroatoms. The molecule has 0 aliphatic carbocycles. The zero-order valence-corrected chi connectivity index (χ0v) is 52.5. The molecule has 3 aromatic carbocycles. The highest BCUT2D eigenvalue weighted by Crippen LogP contribution is 2.49. The molecule has 2 aliphatic rings. The number of rotatable bonds is 29. The average molecular weight is 1080 g/mol. The largest absolute Gasteiger partial charge is 0.490 e. The topological polar surface area (TPSA) is 83.1 Å².